The fourth-order valence-corrected chi connectivity index (χ4v) is 3.60. The molecule has 0 unspecified atom stereocenters. The van der Waals surface area contributed by atoms with Crippen LogP contribution in [-0.4, -0.2) is 36.3 Å². The Labute approximate surface area is 171 Å². The molecule has 1 aromatic carbocycles. The molecule has 2 heterocycles. The van der Waals surface area contributed by atoms with Gasteiger partial charge in [-0.05, 0) is 36.1 Å². The number of carbonyl (C=O) groups is 3. The Morgan fingerprint density at radius 2 is 1.90 bits per heavy atom. The zero-order valence-corrected chi connectivity index (χ0v) is 16.5. The Balaban J connectivity index is 1.85. The van der Waals surface area contributed by atoms with E-state index >= 15 is 0 Å². The lowest BCUT2D eigenvalue weighted by Crippen LogP contribution is -2.46. The third kappa shape index (κ3) is 4.82. The molecule has 8 nitrogen and oxygen atoms in total. The molecule has 3 rings (SSSR count). The summed E-state index contributed by atoms with van der Waals surface area (Å²) in [5, 5.41) is 16.2. The van der Waals surface area contributed by atoms with E-state index in [1.54, 1.807) is 25.1 Å². The molecular weight excluding hydrogens is 396 g/mol. The Bertz CT molecular complexity index is 921. The molecule has 0 aliphatic carbocycles. The molecular formula is C20H20N2O6S. The van der Waals surface area contributed by atoms with Gasteiger partial charge >= 0.3 is 18.0 Å². The minimum atomic E-state index is -0.694. The molecule has 1 aliphatic rings. The molecule has 0 spiro atoms. The summed E-state index contributed by atoms with van der Waals surface area (Å²) >= 11 is 1.38. The minimum absolute atomic E-state index is 0.131. The Kier molecular flexibility index (Phi) is 6.63. The Morgan fingerprint density at radius 1 is 1.14 bits per heavy atom. The quantitative estimate of drug-likeness (QED) is 0.597. The van der Waals surface area contributed by atoms with E-state index in [9.17, 15) is 14.4 Å². The predicted octanol–water partition coefficient (Wildman–Crippen LogP) is 2.27. The standard InChI is InChI=1S/C20H20N2O6S/c1-2-27-19(25)16-14(21-20(26)22-17(16)15-4-3-9-29-15)11-28-18(24)13-7-5-12(10-23)6-8-13/h3-9,17,23H,2,10-11H2,1H3,(H2,21,22,26)/t17-/m0/s1. The van der Waals surface area contributed by atoms with Crippen LogP contribution in [0, 0.1) is 0 Å². The van der Waals surface area contributed by atoms with Gasteiger partial charge in [-0.1, -0.05) is 18.2 Å². The van der Waals surface area contributed by atoms with Crippen molar-refractivity contribution in [3.05, 3.63) is 69.1 Å². The van der Waals surface area contributed by atoms with Crippen molar-refractivity contribution in [3.8, 4) is 0 Å². The van der Waals surface area contributed by atoms with Gasteiger partial charge in [0, 0.05) is 4.88 Å². The van der Waals surface area contributed by atoms with Gasteiger partial charge in [-0.25, -0.2) is 14.4 Å². The normalized spacial score (nSPS) is 16.1. The fourth-order valence-electron chi connectivity index (χ4n) is 2.82. The number of aliphatic hydroxyl groups excluding tert-OH is 1. The van der Waals surface area contributed by atoms with Crippen molar-refractivity contribution in [3.63, 3.8) is 0 Å². The second-order valence-corrected chi connectivity index (χ2v) is 7.07. The van der Waals surface area contributed by atoms with E-state index in [4.69, 9.17) is 14.6 Å². The van der Waals surface area contributed by atoms with Gasteiger partial charge in [-0.3, -0.25) is 0 Å². The van der Waals surface area contributed by atoms with Gasteiger partial charge in [-0.2, -0.15) is 0 Å². The summed E-state index contributed by atoms with van der Waals surface area (Å²) in [5.41, 5.74) is 1.32. The number of amides is 2. The summed E-state index contributed by atoms with van der Waals surface area (Å²) in [6, 6.07) is 8.70. The SMILES string of the molecule is CCOC(=O)C1=C(COC(=O)c2ccc(CO)cc2)NC(=O)N[C@H]1c1cccs1. The van der Waals surface area contributed by atoms with Crippen LogP contribution in [0.2, 0.25) is 0 Å². The molecule has 1 aromatic heterocycles. The second-order valence-electron chi connectivity index (χ2n) is 6.09. The maximum absolute atomic E-state index is 12.6. The minimum Gasteiger partial charge on any atom is -0.463 e. The van der Waals surface area contributed by atoms with Gasteiger partial charge < -0.3 is 25.2 Å². The number of benzene rings is 1. The highest BCUT2D eigenvalue weighted by Crippen LogP contribution is 2.30. The molecule has 3 N–H and O–H groups in total. The number of hydrogen-bond acceptors (Lipinski definition) is 7. The van der Waals surface area contributed by atoms with Crippen LogP contribution in [-0.2, 0) is 20.9 Å². The number of urea groups is 1. The van der Waals surface area contributed by atoms with Crippen molar-refractivity contribution in [1.29, 1.82) is 0 Å². The number of esters is 2. The summed E-state index contributed by atoms with van der Waals surface area (Å²) in [5.74, 6) is -1.22. The average Bonchev–Trinajstić information content (AvgIpc) is 3.26. The number of rotatable bonds is 7. The number of hydrogen-bond donors (Lipinski definition) is 3. The maximum Gasteiger partial charge on any atom is 0.338 e. The molecule has 0 bridgehead atoms. The van der Waals surface area contributed by atoms with Gasteiger partial charge in [0.05, 0.1) is 36.1 Å². The number of carbonyl (C=O) groups excluding carboxylic acids is 3. The predicted molar refractivity (Wildman–Crippen MR) is 105 cm³/mol. The molecule has 0 radical (unpaired) electrons. The van der Waals surface area contributed by atoms with Gasteiger partial charge in [0.15, 0.2) is 0 Å². The fraction of sp³-hybridized carbons (Fsp3) is 0.250. The summed E-state index contributed by atoms with van der Waals surface area (Å²) in [4.78, 5) is 37.8. The first kappa shape index (κ1) is 20.6. The average molecular weight is 416 g/mol. The molecule has 2 amide bonds. The first-order valence-electron chi connectivity index (χ1n) is 8.91. The first-order valence-corrected chi connectivity index (χ1v) is 9.79. The van der Waals surface area contributed by atoms with Crippen LogP contribution in [0.4, 0.5) is 4.79 Å². The summed E-state index contributed by atoms with van der Waals surface area (Å²) in [7, 11) is 0. The Morgan fingerprint density at radius 3 is 2.52 bits per heavy atom. The van der Waals surface area contributed by atoms with Crippen molar-refractivity contribution in [2.24, 2.45) is 0 Å². The lowest BCUT2D eigenvalue weighted by atomic mass is 10.0. The van der Waals surface area contributed by atoms with Crippen LogP contribution in [0.25, 0.3) is 0 Å². The smallest absolute Gasteiger partial charge is 0.338 e. The maximum atomic E-state index is 12.6. The molecule has 1 atom stereocenters. The molecule has 0 saturated carbocycles. The Hall–Kier alpha value is -3.17. The summed E-state index contributed by atoms with van der Waals surface area (Å²) < 4.78 is 10.5. The van der Waals surface area contributed by atoms with Gasteiger partial charge in [0.25, 0.3) is 0 Å². The molecule has 0 fully saturated rings. The third-order valence-corrected chi connectivity index (χ3v) is 5.13. The molecule has 29 heavy (non-hydrogen) atoms. The topological polar surface area (TPSA) is 114 Å². The van der Waals surface area contributed by atoms with Crippen LogP contribution in [0.3, 0.4) is 0 Å². The number of aliphatic hydroxyl groups is 1. The van der Waals surface area contributed by atoms with E-state index in [0.717, 1.165) is 4.88 Å². The van der Waals surface area contributed by atoms with E-state index in [0.29, 0.717) is 5.56 Å². The van der Waals surface area contributed by atoms with Gasteiger partial charge in [0.1, 0.15) is 6.61 Å². The monoisotopic (exact) mass is 416 g/mol. The van der Waals surface area contributed by atoms with Crippen molar-refractivity contribution in [2.75, 3.05) is 13.2 Å². The second kappa shape index (κ2) is 9.35. The van der Waals surface area contributed by atoms with E-state index in [-0.39, 0.29) is 36.7 Å². The third-order valence-electron chi connectivity index (χ3n) is 4.20. The molecule has 152 valence electrons. The van der Waals surface area contributed by atoms with Gasteiger partial charge in [0.2, 0.25) is 0 Å². The van der Waals surface area contributed by atoms with Crippen molar-refractivity contribution < 1.29 is 29.0 Å². The summed E-state index contributed by atoms with van der Waals surface area (Å²) in [6.07, 6.45) is 0. The van der Waals surface area contributed by atoms with Crippen molar-refractivity contribution in [2.45, 2.75) is 19.6 Å². The number of nitrogens with one attached hydrogen (secondary N) is 2. The highest BCUT2D eigenvalue weighted by atomic mass is 32.1. The van der Waals surface area contributed by atoms with E-state index in [1.807, 2.05) is 11.4 Å². The zero-order valence-electron chi connectivity index (χ0n) is 15.6. The lowest BCUT2D eigenvalue weighted by molar-refractivity contribution is -0.139. The largest absolute Gasteiger partial charge is 0.463 e. The summed E-state index contributed by atoms with van der Waals surface area (Å²) in [6.45, 7) is 1.42. The van der Waals surface area contributed by atoms with Gasteiger partial charge in [-0.15, -0.1) is 11.3 Å². The van der Waals surface area contributed by atoms with Crippen molar-refractivity contribution >= 4 is 29.3 Å². The van der Waals surface area contributed by atoms with Crippen LogP contribution in [0.15, 0.2) is 53.0 Å². The van der Waals surface area contributed by atoms with Crippen molar-refractivity contribution in [1.82, 2.24) is 10.6 Å². The van der Waals surface area contributed by atoms with E-state index in [2.05, 4.69) is 10.6 Å². The highest BCUT2D eigenvalue weighted by Gasteiger charge is 2.34. The van der Waals surface area contributed by atoms with Crippen LogP contribution < -0.4 is 10.6 Å². The zero-order chi connectivity index (χ0) is 20.8. The number of ether oxygens (including phenoxy) is 2. The van der Waals surface area contributed by atoms with E-state index in [1.165, 1.54) is 23.5 Å². The lowest BCUT2D eigenvalue weighted by Gasteiger charge is -2.28. The molecule has 0 saturated heterocycles. The van der Waals surface area contributed by atoms with Crippen LogP contribution in [0.1, 0.15) is 33.8 Å². The molecule has 9 heteroatoms. The molecule has 2 aromatic rings. The number of thiophene rings is 1. The molecule has 1 aliphatic heterocycles. The highest BCUT2D eigenvalue weighted by molar-refractivity contribution is 7.10. The first-order chi connectivity index (χ1) is 14.0. The van der Waals surface area contributed by atoms with E-state index < -0.39 is 24.0 Å². The van der Waals surface area contributed by atoms with Crippen LogP contribution >= 0.6 is 11.3 Å². The van der Waals surface area contributed by atoms with Crippen LogP contribution in [0.5, 0.6) is 0 Å².